The van der Waals surface area contributed by atoms with Crippen molar-refractivity contribution in [2.24, 2.45) is 5.92 Å². The van der Waals surface area contributed by atoms with Crippen molar-refractivity contribution in [1.29, 1.82) is 10.5 Å². The maximum absolute atomic E-state index is 12.1. The lowest BCUT2D eigenvalue weighted by Gasteiger charge is -2.09. The molecule has 1 aromatic heterocycles. The summed E-state index contributed by atoms with van der Waals surface area (Å²) in [6.45, 7) is 1.90. The minimum atomic E-state index is -0.347. The molecule has 0 spiro atoms. The Morgan fingerprint density at radius 2 is 2.29 bits per heavy atom. The second kappa shape index (κ2) is 6.80. The molecule has 0 unspecified atom stereocenters. The summed E-state index contributed by atoms with van der Waals surface area (Å²) in [6, 6.07) is 8.96. The van der Waals surface area contributed by atoms with E-state index in [2.05, 4.69) is 27.7 Å². The highest BCUT2D eigenvalue weighted by Gasteiger charge is 2.22. The van der Waals surface area contributed by atoms with Crippen molar-refractivity contribution in [3.8, 4) is 17.9 Å². The van der Waals surface area contributed by atoms with Gasteiger partial charge < -0.3 is 10.2 Å². The lowest BCUT2D eigenvalue weighted by Crippen LogP contribution is -2.31. The zero-order valence-electron chi connectivity index (χ0n) is 12.9. The molecular weight excluding hydrogens is 306 g/mol. The molecule has 0 saturated carbocycles. The third kappa shape index (κ3) is 3.33. The van der Waals surface area contributed by atoms with E-state index >= 15 is 0 Å². The Balaban J connectivity index is 1.62. The number of nitriles is 2. The second-order valence-corrected chi connectivity index (χ2v) is 5.59. The molecule has 24 heavy (non-hydrogen) atoms. The van der Waals surface area contributed by atoms with Gasteiger partial charge >= 0.3 is 0 Å². The molecule has 3 rings (SSSR count). The summed E-state index contributed by atoms with van der Waals surface area (Å²) < 4.78 is 1.46. The molecule has 1 saturated heterocycles. The molecule has 2 aromatic rings. The van der Waals surface area contributed by atoms with Gasteiger partial charge in [-0.3, -0.25) is 4.79 Å². The SMILES string of the molecule is N#Cc1cccc(-n2cnc(C(=O)NC[C@H]3CCN(C#N)C3)n2)c1. The maximum Gasteiger partial charge on any atom is 0.290 e. The van der Waals surface area contributed by atoms with Crippen molar-refractivity contribution >= 4 is 5.91 Å². The van der Waals surface area contributed by atoms with Gasteiger partial charge in [0, 0.05) is 19.6 Å². The number of nitrogens with one attached hydrogen (secondary N) is 1. The minimum Gasteiger partial charge on any atom is -0.349 e. The summed E-state index contributed by atoms with van der Waals surface area (Å²) >= 11 is 0. The number of amides is 1. The van der Waals surface area contributed by atoms with Crippen LogP contribution in [0.3, 0.4) is 0 Å². The summed E-state index contributed by atoms with van der Waals surface area (Å²) in [4.78, 5) is 17.8. The number of aromatic nitrogens is 3. The van der Waals surface area contributed by atoms with Gasteiger partial charge in [-0.1, -0.05) is 6.07 Å². The van der Waals surface area contributed by atoms with E-state index in [1.807, 2.05) is 0 Å². The molecular formula is C16H15N7O. The van der Waals surface area contributed by atoms with Gasteiger partial charge in [-0.25, -0.2) is 9.67 Å². The molecule has 0 bridgehead atoms. The van der Waals surface area contributed by atoms with Gasteiger partial charge in [0.1, 0.15) is 6.33 Å². The zero-order chi connectivity index (χ0) is 16.9. The Kier molecular flexibility index (Phi) is 4.39. The van der Waals surface area contributed by atoms with Crippen LogP contribution in [0.15, 0.2) is 30.6 Å². The van der Waals surface area contributed by atoms with Crippen LogP contribution in [0.25, 0.3) is 5.69 Å². The number of carbonyl (C=O) groups is 1. The first-order chi connectivity index (χ1) is 11.7. The number of nitrogens with zero attached hydrogens (tertiary/aromatic N) is 6. The van der Waals surface area contributed by atoms with E-state index in [0.717, 1.165) is 13.0 Å². The lowest BCUT2D eigenvalue weighted by molar-refractivity contribution is 0.0937. The standard InChI is InChI=1S/C16H15N7O/c17-7-12-2-1-3-14(6-12)23-11-20-15(21-23)16(24)19-8-13-4-5-22(9-13)10-18/h1-3,6,11,13H,4-5,8-9H2,(H,19,24)/t13-/m1/s1. The van der Waals surface area contributed by atoms with Gasteiger partial charge in [0.05, 0.1) is 17.3 Å². The Hall–Kier alpha value is -3.39. The van der Waals surface area contributed by atoms with E-state index in [9.17, 15) is 4.79 Å². The molecule has 8 heteroatoms. The largest absolute Gasteiger partial charge is 0.349 e. The predicted molar refractivity (Wildman–Crippen MR) is 83.7 cm³/mol. The van der Waals surface area contributed by atoms with Crippen LogP contribution in [0, 0.1) is 28.7 Å². The summed E-state index contributed by atoms with van der Waals surface area (Å²) in [5.41, 5.74) is 1.18. The molecule has 1 amide bonds. The average Bonchev–Trinajstić information content (AvgIpc) is 3.29. The van der Waals surface area contributed by atoms with E-state index in [1.165, 1.54) is 11.0 Å². The zero-order valence-corrected chi connectivity index (χ0v) is 12.9. The number of hydrogen-bond donors (Lipinski definition) is 1. The molecule has 0 radical (unpaired) electrons. The first-order valence-electron chi connectivity index (χ1n) is 7.54. The van der Waals surface area contributed by atoms with Gasteiger partial charge in [-0.15, -0.1) is 5.10 Å². The van der Waals surface area contributed by atoms with E-state index in [-0.39, 0.29) is 17.6 Å². The second-order valence-electron chi connectivity index (χ2n) is 5.59. The number of hydrogen-bond acceptors (Lipinski definition) is 6. The Morgan fingerprint density at radius 1 is 1.42 bits per heavy atom. The summed E-state index contributed by atoms with van der Waals surface area (Å²) in [5.74, 6) is -0.00362. The van der Waals surface area contributed by atoms with Gasteiger partial charge in [0.2, 0.25) is 5.82 Å². The first kappa shape index (κ1) is 15.5. The van der Waals surface area contributed by atoms with E-state index in [0.29, 0.717) is 24.3 Å². The molecule has 8 nitrogen and oxygen atoms in total. The summed E-state index contributed by atoms with van der Waals surface area (Å²) in [5, 5.41) is 24.7. The number of benzene rings is 1. The summed E-state index contributed by atoms with van der Waals surface area (Å²) in [7, 11) is 0. The molecule has 1 aliphatic heterocycles. The van der Waals surface area contributed by atoms with Crippen molar-refractivity contribution < 1.29 is 4.79 Å². The van der Waals surface area contributed by atoms with Crippen LogP contribution >= 0.6 is 0 Å². The monoisotopic (exact) mass is 321 g/mol. The molecule has 2 heterocycles. The van der Waals surface area contributed by atoms with Crippen LogP contribution in [0.5, 0.6) is 0 Å². The highest BCUT2D eigenvalue weighted by Crippen LogP contribution is 2.14. The van der Waals surface area contributed by atoms with Crippen molar-refractivity contribution in [3.05, 3.63) is 42.0 Å². The molecule has 1 aromatic carbocycles. The fourth-order valence-corrected chi connectivity index (χ4v) is 2.62. The van der Waals surface area contributed by atoms with Gasteiger partial charge in [-0.05, 0) is 30.5 Å². The number of rotatable bonds is 4. The van der Waals surface area contributed by atoms with Gasteiger partial charge in [0.25, 0.3) is 5.91 Å². The normalized spacial score (nSPS) is 16.4. The lowest BCUT2D eigenvalue weighted by atomic mass is 10.1. The molecule has 1 fully saturated rings. The fourth-order valence-electron chi connectivity index (χ4n) is 2.62. The molecule has 1 aliphatic rings. The van der Waals surface area contributed by atoms with Crippen molar-refractivity contribution in [2.75, 3.05) is 19.6 Å². The van der Waals surface area contributed by atoms with Crippen LogP contribution in [0.1, 0.15) is 22.6 Å². The smallest absolute Gasteiger partial charge is 0.290 e. The van der Waals surface area contributed by atoms with Crippen LogP contribution in [0.4, 0.5) is 0 Å². The number of likely N-dealkylation sites (tertiary alicyclic amines) is 1. The van der Waals surface area contributed by atoms with Crippen LogP contribution in [-0.4, -0.2) is 45.2 Å². The van der Waals surface area contributed by atoms with Gasteiger partial charge in [0.15, 0.2) is 6.19 Å². The van der Waals surface area contributed by atoms with E-state index < -0.39 is 0 Å². The predicted octanol–water partition coefficient (Wildman–Crippen LogP) is 0.672. The van der Waals surface area contributed by atoms with Crippen LogP contribution in [-0.2, 0) is 0 Å². The topological polar surface area (TPSA) is 111 Å². The van der Waals surface area contributed by atoms with Crippen LogP contribution in [0.2, 0.25) is 0 Å². The molecule has 120 valence electrons. The highest BCUT2D eigenvalue weighted by molar-refractivity contribution is 5.90. The Bertz CT molecular complexity index is 829. The average molecular weight is 321 g/mol. The maximum atomic E-state index is 12.1. The Labute approximate surface area is 138 Å². The summed E-state index contributed by atoms with van der Waals surface area (Å²) in [6.07, 6.45) is 4.44. The molecule has 0 aliphatic carbocycles. The third-order valence-corrected chi connectivity index (χ3v) is 3.91. The van der Waals surface area contributed by atoms with E-state index in [1.54, 1.807) is 29.2 Å². The quantitative estimate of drug-likeness (QED) is 0.829. The highest BCUT2D eigenvalue weighted by atomic mass is 16.2. The minimum absolute atomic E-state index is 0.0764. The van der Waals surface area contributed by atoms with Crippen LogP contribution < -0.4 is 5.32 Å². The molecule has 1 N–H and O–H groups in total. The fraction of sp³-hybridized carbons (Fsp3) is 0.312. The molecule has 1 atom stereocenters. The first-order valence-corrected chi connectivity index (χ1v) is 7.54. The van der Waals surface area contributed by atoms with Crippen molar-refractivity contribution in [1.82, 2.24) is 25.0 Å². The van der Waals surface area contributed by atoms with Crippen molar-refractivity contribution in [2.45, 2.75) is 6.42 Å². The number of carbonyl (C=O) groups excluding carboxylic acids is 1. The Morgan fingerprint density at radius 3 is 3.04 bits per heavy atom. The van der Waals surface area contributed by atoms with Gasteiger partial charge in [-0.2, -0.15) is 10.5 Å². The third-order valence-electron chi connectivity index (χ3n) is 3.91. The van der Waals surface area contributed by atoms with Crippen molar-refractivity contribution in [3.63, 3.8) is 0 Å². The van der Waals surface area contributed by atoms with E-state index in [4.69, 9.17) is 10.5 Å².